The van der Waals surface area contributed by atoms with Gasteiger partial charge >= 0.3 is 0 Å². The maximum atomic E-state index is 13.6. The Labute approximate surface area is 162 Å². The zero-order valence-corrected chi connectivity index (χ0v) is 16.0. The van der Waals surface area contributed by atoms with E-state index in [-0.39, 0.29) is 12.2 Å². The van der Waals surface area contributed by atoms with E-state index in [9.17, 15) is 14.0 Å². The van der Waals surface area contributed by atoms with E-state index in [1.165, 1.54) is 19.2 Å². The van der Waals surface area contributed by atoms with Gasteiger partial charge in [-0.15, -0.1) is 0 Å². The lowest BCUT2D eigenvalue weighted by atomic mass is 10.1. The quantitative estimate of drug-likeness (QED) is 0.676. The van der Waals surface area contributed by atoms with Gasteiger partial charge in [0.2, 0.25) is 5.91 Å². The Morgan fingerprint density at radius 3 is 2.36 bits per heavy atom. The van der Waals surface area contributed by atoms with Crippen molar-refractivity contribution in [2.24, 2.45) is 0 Å². The van der Waals surface area contributed by atoms with Crippen molar-refractivity contribution < 1.29 is 28.2 Å². The molecule has 0 aliphatic rings. The van der Waals surface area contributed by atoms with Gasteiger partial charge in [-0.2, -0.15) is 0 Å². The van der Waals surface area contributed by atoms with Gasteiger partial charge in [0, 0.05) is 0 Å². The largest absolute Gasteiger partial charge is 0.494 e. The average molecular weight is 390 g/mol. The number of hydrogen-bond donors (Lipinski definition) is 2. The van der Waals surface area contributed by atoms with Crippen molar-refractivity contribution in [3.63, 3.8) is 0 Å². The second-order valence-corrected chi connectivity index (χ2v) is 5.85. The van der Waals surface area contributed by atoms with E-state index in [0.717, 1.165) is 0 Å². The van der Waals surface area contributed by atoms with Crippen LogP contribution in [0.1, 0.15) is 19.4 Å². The highest BCUT2D eigenvalue weighted by Crippen LogP contribution is 2.19. The molecule has 0 saturated heterocycles. The van der Waals surface area contributed by atoms with Crippen LogP contribution in [0.5, 0.6) is 17.2 Å². The van der Waals surface area contributed by atoms with Gasteiger partial charge in [-0.3, -0.25) is 20.4 Å². The molecule has 0 heterocycles. The third-order valence-electron chi connectivity index (χ3n) is 3.72. The predicted octanol–water partition coefficient (Wildman–Crippen LogP) is 2.39. The van der Waals surface area contributed by atoms with Gasteiger partial charge in [0.25, 0.3) is 5.91 Å². The fourth-order valence-corrected chi connectivity index (χ4v) is 2.32. The van der Waals surface area contributed by atoms with Gasteiger partial charge in [0.05, 0.1) is 20.1 Å². The summed E-state index contributed by atoms with van der Waals surface area (Å²) >= 11 is 0. The minimum absolute atomic E-state index is 0.0951. The summed E-state index contributed by atoms with van der Waals surface area (Å²) in [5.41, 5.74) is 5.01. The molecule has 2 amide bonds. The molecule has 0 bridgehead atoms. The molecule has 0 spiro atoms. The van der Waals surface area contributed by atoms with Gasteiger partial charge in [0.1, 0.15) is 11.5 Å². The molecule has 8 heteroatoms. The Bertz CT molecular complexity index is 811. The lowest BCUT2D eigenvalue weighted by molar-refractivity contribution is -0.132. The molecule has 2 aromatic carbocycles. The smallest absolute Gasteiger partial charge is 0.279 e. The molecule has 0 radical (unpaired) electrons. The lowest BCUT2D eigenvalue weighted by Gasteiger charge is -2.15. The van der Waals surface area contributed by atoms with Crippen LogP contribution in [0.2, 0.25) is 0 Å². The predicted molar refractivity (Wildman–Crippen MR) is 101 cm³/mol. The van der Waals surface area contributed by atoms with Crippen molar-refractivity contribution >= 4 is 11.8 Å². The van der Waals surface area contributed by atoms with Gasteiger partial charge in [0.15, 0.2) is 17.7 Å². The second-order valence-electron chi connectivity index (χ2n) is 5.85. The molecule has 150 valence electrons. The first-order valence-electron chi connectivity index (χ1n) is 8.73. The van der Waals surface area contributed by atoms with Crippen LogP contribution in [0, 0.1) is 5.82 Å². The molecule has 0 aromatic heterocycles. The fraction of sp³-hybridized carbons (Fsp3) is 0.300. The number of ether oxygens (including phenoxy) is 3. The van der Waals surface area contributed by atoms with Crippen LogP contribution >= 0.6 is 0 Å². The molecular formula is C20H23FN2O5. The molecule has 0 unspecified atom stereocenters. The summed E-state index contributed by atoms with van der Waals surface area (Å²) in [5.74, 6) is -0.290. The van der Waals surface area contributed by atoms with Crippen LogP contribution in [-0.4, -0.2) is 31.6 Å². The molecule has 2 aromatic rings. The summed E-state index contributed by atoms with van der Waals surface area (Å²) in [6.45, 7) is 3.99. The summed E-state index contributed by atoms with van der Waals surface area (Å²) in [6.07, 6.45) is -0.938. The first-order chi connectivity index (χ1) is 13.4. The summed E-state index contributed by atoms with van der Waals surface area (Å²) < 4.78 is 29.3. The van der Waals surface area contributed by atoms with Crippen LogP contribution in [0.4, 0.5) is 4.39 Å². The van der Waals surface area contributed by atoms with E-state index in [4.69, 9.17) is 14.2 Å². The van der Waals surface area contributed by atoms with Crippen LogP contribution in [0.15, 0.2) is 42.5 Å². The minimum atomic E-state index is -0.836. The topological polar surface area (TPSA) is 85.9 Å². The van der Waals surface area contributed by atoms with Gasteiger partial charge < -0.3 is 14.2 Å². The average Bonchev–Trinajstić information content (AvgIpc) is 2.68. The molecule has 28 heavy (non-hydrogen) atoms. The highest BCUT2D eigenvalue weighted by molar-refractivity contribution is 5.85. The molecule has 7 nitrogen and oxygen atoms in total. The third kappa shape index (κ3) is 6.15. The number of hydrogen-bond acceptors (Lipinski definition) is 5. The van der Waals surface area contributed by atoms with Crippen molar-refractivity contribution in [1.29, 1.82) is 0 Å². The number of hydrazine groups is 1. The Morgan fingerprint density at radius 1 is 1.07 bits per heavy atom. The van der Waals surface area contributed by atoms with Crippen molar-refractivity contribution in [2.75, 3.05) is 13.7 Å². The monoisotopic (exact) mass is 390 g/mol. The van der Waals surface area contributed by atoms with Crippen molar-refractivity contribution in [3.8, 4) is 17.2 Å². The van der Waals surface area contributed by atoms with E-state index in [0.29, 0.717) is 23.7 Å². The van der Waals surface area contributed by atoms with Crippen LogP contribution in [0.25, 0.3) is 0 Å². The van der Waals surface area contributed by atoms with E-state index in [1.807, 2.05) is 6.92 Å². The van der Waals surface area contributed by atoms with E-state index < -0.39 is 23.7 Å². The van der Waals surface area contributed by atoms with Crippen molar-refractivity contribution in [1.82, 2.24) is 10.9 Å². The number of carbonyl (C=O) groups excluding carboxylic acids is 2. The molecule has 0 aliphatic heterocycles. The zero-order valence-electron chi connectivity index (χ0n) is 16.0. The molecule has 0 saturated carbocycles. The number of rotatable bonds is 8. The molecule has 1 atom stereocenters. The molecule has 2 rings (SSSR count). The second kappa shape index (κ2) is 10.1. The van der Waals surface area contributed by atoms with Gasteiger partial charge in [-0.25, -0.2) is 4.39 Å². The van der Waals surface area contributed by atoms with Gasteiger partial charge in [-0.1, -0.05) is 6.07 Å². The number of amides is 2. The summed E-state index contributed by atoms with van der Waals surface area (Å²) in [6, 6.07) is 11.1. The highest BCUT2D eigenvalue weighted by Gasteiger charge is 2.16. The number of halogens is 1. The Morgan fingerprint density at radius 2 is 1.75 bits per heavy atom. The van der Waals surface area contributed by atoms with Gasteiger partial charge in [-0.05, 0) is 55.8 Å². The van der Waals surface area contributed by atoms with E-state index in [2.05, 4.69) is 10.9 Å². The molecular weight excluding hydrogens is 367 g/mol. The first kappa shape index (κ1) is 21.0. The number of carbonyl (C=O) groups is 2. The fourth-order valence-electron chi connectivity index (χ4n) is 2.32. The molecule has 0 fully saturated rings. The zero-order chi connectivity index (χ0) is 20.5. The lowest BCUT2D eigenvalue weighted by Crippen LogP contribution is -2.47. The summed E-state index contributed by atoms with van der Waals surface area (Å²) in [5, 5.41) is 0. The maximum absolute atomic E-state index is 13.6. The van der Waals surface area contributed by atoms with Crippen molar-refractivity contribution in [3.05, 3.63) is 53.8 Å². The summed E-state index contributed by atoms with van der Waals surface area (Å²) in [7, 11) is 1.36. The van der Waals surface area contributed by atoms with E-state index in [1.54, 1.807) is 37.3 Å². The number of nitrogens with one attached hydrogen (secondary N) is 2. The number of methoxy groups -OCH3 is 1. The maximum Gasteiger partial charge on any atom is 0.279 e. The van der Waals surface area contributed by atoms with Crippen LogP contribution < -0.4 is 25.1 Å². The molecule has 2 N–H and O–H groups in total. The SMILES string of the molecule is CCOc1ccc(O[C@@H](C)C(=O)NNC(=O)Cc2ccc(OC)c(F)c2)cc1. The van der Waals surface area contributed by atoms with Crippen LogP contribution in [-0.2, 0) is 16.0 Å². The van der Waals surface area contributed by atoms with Crippen molar-refractivity contribution in [2.45, 2.75) is 26.4 Å². The Hall–Kier alpha value is -3.29. The third-order valence-corrected chi connectivity index (χ3v) is 3.72. The molecule has 0 aliphatic carbocycles. The Kier molecular flexibility index (Phi) is 7.62. The summed E-state index contributed by atoms with van der Waals surface area (Å²) in [4.78, 5) is 24.0. The standard InChI is InChI=1S/C20H23FN2O5/c1-4-27-15-6-8-16(9-7-15)28-13(2)20(25)23-22-19(24)12-14-5-10-18(26-3)17(21)11-14/h5-11,13H,4,12H2,1-3H3,(H,22,24)(H,23,25)/t13-/m0/s1. The Balaban J connectivity index is 1.80. The normalized spacial score (nSPS) is 11.3. The van der Waals surface area contributed by atoms with Crippen LogP contribution in [0.3, 0.4) is 0 Å². The van der Waals surface area contributed by atoms with E-state index >= 15 is 0 Å². The first-order valence-corrected chi connectivity index (χ1v) is 8.73. The number of benzene rings is 2. The highest BCUT2D eigenvalue weighted by atomic mass is 19.1. The minimum Gasteiger partial charge on any atom is -0.494 e.